The zero-order valence-electron chi connectivity index (χ0n) is 13.5. The molecule has 0 bridgehead atoms. The number of rotatable bonds is 2. The van der Waals surface area contributed by atoms with E-state index in [0.29, 0.717) is 11.8 Å². The van der Waals surface area contributed by atoms with Crippen LogP contribution in [0.25, 0.3) is 5.78 Å². The maximum atomic E-state index is 12.1. The van der Waals surface area contributed by atoms with E-state index in [4.69, 9.17) is 0 Å². The van der Waals surface area contributed by atoms with Crippen molar-refractivity contribution in [2.75, 3.05) is 38.1 Å². The quantitative estimate of drug-likeness (QED) is 0.819. The molecule has 2 aromatic rings. The third-order valence-corrected chi connectivity index (χ3v) is 4.84. The van der Waals surface area contributed by atoms with Gasteiger partial charge in [0.2, 0.25) is 0 Å². The van der Waals surface area contributed by atoms with Crippen molar-refractivity contribution in [1.29, 1.82) is 0 Å². The average molecular weight is 315 g/mol. The minimum atomic E-state index is 0.168. The second-order valence-corrected chi connectivity index (χ2v) is 6.34. The third-order valence-electron chi connectivity index (χ3n) is 4.84. The molecule has 23 heavy (non-hydrogen) atoms. The van der Waals surface area contributed by atoms with E-state index >= 15 is 0 Å². The van der Waals surface area contributed by atoms with E-state index in [1.807, 2.05) is 18.9 Å². The molecule has 0 radical (unpaired) electrons. The first-order valence-electron chi connectivity index (χ1n) is 8.07. The van der Waals surface area contributed by atoms with Crippen LogP contribution in [0, 0.1) is 6.92 Å². The summed E-state index contributed by atoms with van der Waals surface area (Å²) in [6, 6.07) is 2.57. The van der Waals surface area contributed by atoms with Crippen molar-refractivity contribution in [2.45, 2.75) is 25.8 Å². The molecule has 8 nitrogen and oxygen atoms in total. The number of nitrogens with zero attached hydrogens (tertiary/aromatic N) is 7. The Bertz CT molecular complexity index is 735. The molecule has 8 heteroatoms. The Balaban J connectivity index is 1.51. The summed E-state index contributed by atoms with van der Waals surface area (Å²) in [6.07, 6.45) is 3.50. The van der Waals surface area contributed by atoms with Gasteiger partial charge in [0, 0.05) is 51.0 Å². The van der Waals surface area contributed by atoms with Gasteiger partial charge in [-0.05, 0) is 19.8 Å². The number of piperidine rings is 1. The fourth-order valence-electron chi connectivity index (χ4n) is 3.55. The number of aromatic nitrogens is 4. The Kier molecular flexibility index (Phi) is 3.32. The van der Waals surface area contributed by atoms with Crippen molar-refractivity contribution in [2.24, 2.45) is 0 Å². The first-order chi connectivity index (χ1) is 11.1. The summed E-state index contributed by atoms with van der Waals surface area (Å²) >= 11 is 0. The van der Waals surface area contributed by atoms with Crippen LogP contribution in [0.5, 0.6) is 0 Å². The largest absolute Gasteiger partial charge is 0.356 e. The Hall–Kier alpha value is -2.38. The van der Waals surface area contributed by atoms with Crippen molar-refractivity contribution >= 4 is 17.6 Å². The van der Waals surface area contributed by atoms with Gasteiger partial charge in [-0.2, -0.15) is 14.6 Å². The van der Waals surface area contributed by atoms with E-state index in [0.717, 1.165) is 50.5 Å². The Morgan fingerprint density at radius 2 is 1.96 bits per heavy atom. The van der Waals surface area contributed by atoms with Crippen molar-refractivity contribution in [3.8, 4) is 0 Å². The predicted octanol–water partition coefficient (Wildman–Crippen LogP) is 0.769. The molecule has 2 aromatic heterocycles. The number of aryl methyl sites for hydroxylation is 1. The van der Waals surface area contributed by atoms with Gasteiger partial charge in [-0.3, -0.25) is 0 Å². The van der Waals surface area contributed by atoms with Crippen LogP contribution in [-0.2, 0) is 0 Å². The Morgan fingerprint density at radius 1 is 1.17 bits per heavy atom. The van der Waals surface area contributed by atoms with Gasteiger partial charge < -0.3 is 14.7 Å². The van der Waals surface area contributed by atoms with E-state index in [9.17, 15) is 4.79 Å². The van der Waals surface area contributed by atoms with Gasteiger partial charge in [-0.15, -0.1) is 0 Å². The molecule has 0 unspecified atom stereocenters. The van der Waals surface area contributed by atoms with E-state index in [2.05, 4.69) is 26.0 Å². The van der Waals surface area contributed by atoms with Crippen molar-refractivity contribution in [3.05, 3.63) is 18.1 Å². The molecule has 0 aliphatic carbocycles. The molecule has 0 aromatic carbocycles. The predicted molar refractivity (Wildman–Crippen MR) is 85.5 cm³/mol. The normalized spacial score (nSPS) is 20.1. The maximum Gasteiger partial charge on any atom is 0.320 e. The fraction of sp³-hybridized carbons (Fsp3) is 0.600. The van der Waals surface area contributed by atoms with Crippen LogP contribution in [-0.4, -0.2) is 74.7 Å². The number of fused-ring (bicyclic) bond motifs is 1. The molecule has 122 valence electrons. The van der Waals surface area contributed by atoms with Gasteiger partial charge in [-0.25, -0.2) is 9.78 Å². The lowest BCUT2D eigenvalue weighted by molar-refractivity contribution is 0.173. The number of carbonyl (C=O) groups is 1. The molecule has 2 saturated heterocycles. The van der Waals surface area contributed by atoms with Gasteiger partial charge in [0.1, 0.15) is 12.1 Å². The highest BCUT2D eigenvalue weighted by atomic mass is 16.2. The van der Waals surface area contributed by atoms with Crippen molar-refractivity contribution in [1.82, 2.24) is 29.4 Å². The number of hydrogen-bond acceptors (Lipinski definition) is 5. The van der Waals surface area contributed by atoms with Gasteiger partial charge in [0.25, 0.3) is 5.78 Å². The van der Waals surface area contributed by atoms with E-state index in [1.54, 1.807) is 9.42 Å². The number of likely N-dealkylation sites (N-methyl/N-ethyl adjacent to an activating group) is 1. The lowest BCUT2D eigenvalue weighted by atomic mass is 10.0. The lowest BCUT2D eigenvalue weighted by Gasteiger charge is -2.37. The van der Waals surface area contributed by atoms with Crippen LogP contribution in [0.1, 0.15) is 18.5 Å². The first kappa shape index (κ1) is 14.2. The zero-order valence-corrected chi connectivity index (χ0v) is 13.5. The fourth-order valence-corrected chi connectivity index (χ4v) is 3.55. The number of urea groups is 1. The first-order valence-corrected chi connectivity index (χ1v) is 8.07. The summed E-state index contributed by atoms with van der Waals surface area (Å²) in [5, 5.41) is 4.28. The third kappa shape index (κ3) is 2.38. The highest BCUT2D eigenvalue weighted by molar-refractivity contribution is 5.76. The molecule has 0 spiro atoms. The molecule has 2 amide bonds. The van der Waals surface area contributed by atoms with Crippen LogP contribution >= 0.6 is 0 Å². The maximum absolute atomic E-state index is 12.1. The standard InChI is InChI=1S/C15H21N7O/c1-11-9-13(22-14(18-11)16-10-17-22)20-5-3-12(4-6-20)21-8-7-19(2)15(21)23/h9-10,12H,3-8H2,1-2H3. The molecule has 0 N–H and O–H groups in total. The molecule has 4 heterocycles. The summed E-state index contributed by atoms with van der Waals surface area (Å²) in [5.41, 5.74) is 0.943. The Labute approximate surface area is 134 Å². The number of amides is 2. The highest BCUT2D eigenvalue weighted by Gasteiger charge is 2.34. The van der Waals surface area contributed by atoms with Crippen LogP contribution in [0.2, 0.25) is 0 Å². The smallest absolute Gasteiger partial charge is 0.320 e. The summed E-state index contributed by atoms with van der Waals surface area (Å²) in [7, 11) is 1.87. The van der Waals surface area contributed by atoms with E-state index in [1.165, 1.54) is 6.33 Å². The van der Waals surface area contributed by atoms with Gasteiger partial charge >= 0.3 is 6.03 Å². The zero-order chi connectivity index (χ0) is 16.0. The summed E-state index contributed by atoms with van der Waals surface area (Å²) in [5.74, 6) is 1.67. The number of anilines is 1. The van der Waals surface area contributed by atoms with Crippen LogP contribution in [0.4, 0.5) is 10.6 Å². The topological polar surface area (TPSA) is 69.9 Å². The van der Waals surface area contributed by atoms with E-state index in [-0.39, 0.29) is 6.03 Å². The minimum absolute atomic E-state index is 0.168. The lowest BCUT2D eigenvalue weighted by Crippen LogP contribution is -2.46. The number of carbonyl (C=O) groups excluding carboxylic acids is 1. The number of hydrogen-bond donors (Lipinski definition) is 0. The molecule has 2 aliphatic heterocycles. The van der Waals surface area contributed by atoms with Crippen LogP contribution in [0.15, 0.2) is 12.4 Å². The van der Waals surface area contributed by atoms with Gasteiger partial charge in [-0.1, -0.05) is 0 Å². The average Bonchev–Trinajstić information content (AvgIpc) is 3.14. The minimum Gasteiger partial charge on any atom is -0.356 e. The molecule has 0 saturated carbocycles. The summed E-state index contributed by atoms with van der Waals surface area (Å²) in [6.45, 7) is 5.49. The monoisotopic (exact) mass is 315 g/mol. The molecule has 0 atom stereocenters. The van der Waals surface area contributed by atoms with Crippen LogP contribution < -0.4 is 4.90 Å². The molecule has 2 aliphatic rings. The van der Waals surface area contributed by atoms with Crippen molar-refractivity contribution in [3.63, 3.8) is 0 Å². The molecular weight excluding hydrogens is 294 g/mol. The highest BCUT2D eigenvalue weighted by Crippen LogP contribution is 2.25. The van der Waals surface area contributed by atoms with Crippen molar-refractivity contribution < 1.29 is 4.79 Å². The van der Waals surface area contributed by atoms with E-state index < -0.39 is 0 Å². The Morgan fingerprint density at radius 3 is 2.65 bits per heavy atom. The van der Waals surface area contributed by atoms with Crippen LogP contribution in [0.3, 0.4) is 0 Å². The SMILES string of the molecule is Cc1cc(N2CCC(N3CCN(C)C3=O)CC2)n2ncnc2n1. The summed E-state index contributed by atoms with van der Waals surface area (Å²) < 4.78 is 1.79. The molecule has 2 fully saturated rings. The molecule has 4 rings (SSSR count). The summed E-state index contributed by atoms with van der Waals surface area (Å²) in [4.78, 5) is 26.9. The second kappa shape index (κ2) is 5.36. The van der Waals surface area contributed by atoms with Gasteiger partial charge in [0.15, 0.2) is 0 Å². The second-order valence-electron chi connectivity index (χ2n) is 6.34. The van der Waals surface area contributed by atoms with Gasteiger partial charge in [0.05, 0.1) is 0 Å². The molecular formula is C15H21N7O.